The van der Waals surface area contributed by atoms with Crippen molar-refractivity contribution >= 4 is 0 Å². The zero-order valence-electron chi connectivity index (χ0n) is 9.33. The highest BCUT2D eigenvalue weighted by atomic mass is 16.5. The van der Waals surface area contributed by atoms with Crippen LogP contribution in [0.3, 0.4) is 0 Å². The molecule has 1 N–H and O–H groups in total. The Morgan fingerprint density at radius 1 is 1.07 bits per heavy atom. The van der Waals surface area contributed by atoms with Crippen LogP contribution in [0.25, 0.3) is 0 Å². The fourth-order valence-electron chi connectivity index (χ4n) is 2.72. The molecular formula is C11H22N2O. The van der Waals surface area contributed by atoms with Crippen molar-refractivity contribution in [3.8, 4) is 0 Å². The minimum absolute atomic E-state index is 0.640. The molecule has 2 rings (SSSR count). The first-order valence-corrected chi connectivity index (χ1v) is 5.83. The van der Waals surface area contributed by atoms with Gasteiger partial charge in [0.05, 0.1) is 0 Å². The van der Waals surface area contributed by atoms with E-state index in [1.807, 2.05) is 0 Å². The van der Waals surface area contributed by atoms with Crippen LogP contribution < -0.4 is 5.32 Å². The third-order valence-corrected chi connectivity index (χ3v) is 3.29. The van der Waals surface area contributed by atoms with Crippen LogP contribution in [0.2, 0.25) is 0 Å². The van der Waals surface area contributed by atoms with Gasteiger partial charge in [-0.3, -0.25) is 4.90 Å². The highest BCUT2D eigenvalue weighted by Gasteiger charge is 2.27. The zero-order valence-corrected chi connectivity index (χ0v) is 9.33. The predicted octanol–water partition coefficient (Wildman–Crippen LogP) is 0.848. The van der Waals surface area contributed by atoms with Crippen LogP contribution in [0, 0.1) is 0 Å². The zero-order chi connectivity index (χ0) is 9.97. The van der Waals surface area contributed by atoms with E-state index in [1.54, 1.807) is 0 Å². The second kappa shape index (κ2) is 4.60. The summed E-state index contributed by atoms with van der Waals surface area (Å²) in [6.45, 7) is 8.88. The van der Waals surface area contributed by atoms with E-state index in [0.29, 0.717) is 12.1 Å². The van der Waals surface area contributed by atoms with Crippen molar-refractivity contribution in [2.45, 2.75) is 44.8 Å². The summed E-state index contributed by atoms with van der Waals surface area (Å²) in [5, 5.41) is 3.58. The molecule has 2 aliphatic heterocycles. The van der Waals surface area contributed by atoms with E-state index in [4.69, 9.17) is 4.74 Å². The summed E-state index contributed by atoms with van der Waals surface area (Å²) >= 11 is 0. The first-order valence-electron chi connectivity index (χ1n) is 5.83. The normalized spacial score (nSPS) is 37.3. The number of piperazine rings is 1. The van der Waals surface area contributed by atoms with E-state index in [-0.39, 0.29) is 0 Å². The maximum absolute atomic E-state index is 5.40. The summed E-state index contributed by atoms with van der Waals surface area (Å²) < 4.78 is 5.40. The SMILES string of the molecule is CC1CN(C2CCOCC2)CC(C)N1. The highest BCUT2D eigenvalue weighted by molar-refractivity contribution is 4.85. The van der Waals surface area contributed by atoms with E-state index < -0.39 is 0 Å². The summed E-state index contributed by atoms with van der Waals surface area (Å²) in [5.74, 6) is 0. The molecule has 0 aromatic rings. The van der Waals surface area contributed by atoms with Crippen molar-refractivity contribution in [3.05, 3.63) is 0 Å². The van der Waals surface area contributed by atoms with Crippen LogP contribution in [0.1, 0.15) is 26.7 Å². The molecule has 2 heterocycles. The number of hydrogen-bond acceptors (Lipinski definition) is 3. The molecule has 14 heavy (non-hydrogen) atoms. The molecule has 0 radical (unpaired) electrons. The van der Waals surface area contributed by atoms with Crippen LogP contribution >= 0.6 is 0 Å². The van der Waals surface area contributed by atoms with Gasteiger partial charge in [-0.05, 0) is 26.7 Å². The Balaban J connectivity index is 1.88. The molecule has 82 valence electrons. The van der Waals surface area contributed by atoms with E-state index in [0.717, 1.165) is 19.3 Å². The van der Waals surface area contributed by atoms with Crippen LogP contribution in [-0.2, 0) is 4.74 Å². The van der Waals surface area contributed by atoms with Gasteiger partial charge in [0.2, 0.25) is 0 Å². The molecule has 0 aliphatic carbocycles. The largest absolute Gasteiger partial charge is 0.381 e. The molecule has 2 unspecified atom stereocenters. The van der Waals surface area contributed by atoms with Crippen LogP contribution in [-0.4, -0.2) is 49.3 Å². The molecule has 3 heteroatoms. The summed E-state index contributed by atoms with van der Waals surface area (Å²) in [4.78, 5) is 2.65. The van der Waals surface area contributed by atoms with Crippen molar-refractivity contribution in [1.29, 1.82) is 0 Å². The molecule has 2 saturated heterocycles. The van der Waals surface area contributed by atoms with E-state index >= 15 is 0 Å². The fraction of sp³-hybridized carbons (Fsp3) is 1.00. The number of ether oxygens (including phenoxy) is 1. The average Bonchev–Trinajstić information content (AvgIpc) is 2.18. The summed E-state index contributed by atoms with van der Waals surface area (Å²) in [6.07, 6.45) is 2.44. The molecule has 2 aliphatic rings. The van der Waals surface area contributed by atoms with Gasteiger partial charge in [-0.15, -0.1) is 0 Å². The molecule has 3 nitrogen and oxygen atoms in total. The van der Waals surface area contributed by atoms with E-state index in [1.165, 1.54) is 25.9 Å². The van der Waals surface area contributed by atoms with Crippen molar-refractivity contribution in [3.63, 3.8) is 0 Å². The lowest BCUT2D eigenvalue weighted by Gasteiger charge is -2.42. The molecule has 0 spiro atoms. The molecule has 0 amide bonds. The van der Waals surface area contributed by atoms with Gasteiger partial charge in [0.1, 0.15) is 0 Å². The lowest BCUT2D eigenvalue weighted by Crippen LogP contribution is -2.57. The number of nitrogens with one attached hydrogen (secondary N) is 1. The third kappa shape index (κ3) is 2.47. The lowest BCUT2D eigenvalue weighted by atomic mass is 10.0. The Morgan fingerprint density at radius 3 is 2.21 bits per heavy atom. The van der Waals surface area contributed by atoms with Gasteiger partial charge < -0.3 is 10.1 Å². The number of hydrogen-bond donors (Lipinski definition) is 1. The topological polar surface area (TPSA) is 24.5 Å². The van der Waals surface area contributed by atoms with Crippen molar-refractivity contribution < 1.29 is 4.74 Å². The van der Waals surface area contributed by atoms with Crippen molar-refractivity contribution in [1.82, 2.24) is 10.2 Å². The Hall–Kier alpha value is -0.120. The maximum Gasteiger partial charge on any atom is 0.0480 e. The monoisotopic (exact) mass is 198 g/mol. The Labute approximate surface area is 86.8 Å². The van der Waals surface area contributed by atoms with Gasteiger partial charge >= 0.3 is 0 Å². The van der Waals surface area contributed by atoms with Crippen LogP contribution in [0.5, 0.6) is 0 Å². The van der Waals surface area contributed by atoms with Crippen molar-refractivity contribution in [2.24, 2.45) is 0 Å². The Morgan fingerprint density at radius 2 is 1.64 bits per heavy atom. The Bertz CT molecular complexity index is 170. The average molecular weight is 198 g/mol. The molecule has 2 atom stereocenters. The predicted molar refractivity (Wildman–Crippen MR) is 57.5 cm³/mol. The van der Waals surface area contributed by atoms with Gasteiger partial charge in [0, 0.05) is 44.4 Å². The molecular weight excluding hydrogens is 176 g/mol. The first kappa shape index (κ1) is 10.4. The Kier molecular flexibility index (Phi) is 3.42. The molecule has 0 saturated carbocycles. The summed E-state index contributed by atoms with van der Waals surface area (Å²) in [6, 6.07) is 2.05. The maximum atomic E-state index is 5.40. The molecule has 0 bridgehead atoms. The molecule has 2 fully saturated rings. The smallest absolute Gasteiger partial charge is 0.0480 e. The van der Waals surface area contributed by atoms with Gasteiger partial charge in [0.25, 0.3) is 0 Å². The van der Waals surface area contributed by atoms with Crippen LogP contribution in [0.4, 0.5) is 0 Å². The second-order valence-electron chi connectivity index (χ2n) is 4.77. The van der Waals surface area contributed by atoms with E-state index in [2.05, 4.69) is 24.1 Å². The first-order chi connectivity index (χ1) is 6.75. The summed E-state index contributed by atoms with van der Waals surface area (Å²) in [5.41, 5.74) is 0. The molecule has 0 aromatic heterocycles. The standard InChI is InChI=1S/C11H22N2O/c1-9-7-13(8-10(2)12-9)11-3-5-14-6-4-11/h9-12H,3-8H2,1-2H3. The summed E-state index contributed by atoms with van der Waals surface area (Å²) in [7, 11) is 0. The van der Waals surface area contributed by atoms with Gasteiger partial charge in [0.15, 0.2) is 0 Å². The van der Waals surface area contributed by atoms with Gasteiger partial charge in [-0.25, -0.2) is 0 Å². The number of rotatable bonds is 1. The quantitative estimate of drug-likeness (QED) is 0.676. The minimum Gasteiger partial charge on any atom is -0.381 e. The molecule has 0 aromatic carbocycles. The van der Waals surface area contributed by atoms with Crippen molar-refractivity contribution in [2.75, 3.05) is 26.3 Å². The van der Waals surface area contributed by atoms with Gasteiger partial charge in [-0.1, -0.05) is 0 Å². The lowest BCUT2D eigenvalue weighted by molar-refractivity contribution is 0.0182. The second-order valence-corrected chi connectivity index (χ2v) is 4.77. The van der Waals surface area contributed by atoms with Crippen LogP contribution in [0.15, 0.2) is 0 Å². The fourth-order valence-corrected chi connectivity index (χ4v) is 2.72. The highest BCUT2D eigenvalue weighted by Crippen LogP contribution is 2.17. The number of nitrogens with zero attached hydrogens (tertiary/aromatic N) is 1. The van der Waals surface area contributed by atoms with E-state index in [9.17, 15) is 0 Å². The minimum atomic E-state index is 0.640. The third-order valence-electron chi connectivity index (χ3n) is 3.29. The van der Waals surface area contributed by atoms with Gasteiger partial charge in [-0.2, -0.15) is 0 Å².